The number of carbonyl (C=O) groups is 1. The van der Waals surface area contributed by atoms with Crippen molar-refractivity contribution >= 4 is 27.7 Å². The van der Waals surface area contributed by atoms with Gasteiger partial charge < -0.3 is 9.84 Å². The van der Waals surface area contributed by atoms with Crippen molar-refractivity contribution in [1.82, 2.24) is 0 Å². The van der Waals surface area contributed by atoms with Gasteiger partial charge in [0, 0.05) is 5.92 Å². The zero-order valence-electron chi connectivity index (χ0n) is 13.8. The number of aromatic hydroxyl groups is 1. The summed E-state index contributed by atoms with van der Waals surface area (Å²) in [5.41, 5.74) is 4.98. The van der Waals surface area contributed by atoms with Crippen molar-refractivity contribution in [3.63, 3.8) is 0 Å². The van der Waals surface area contributed by atoms with Gasteiger partial charge in [-0.1, -0.05) is 54.6 Å². The number of benzene rings is 3. The molecule has 4 nitrogen and oxygen atoms in total. The van der Waals surface area contributed by atoms with Crippen molar-refractivity contribution in [2.45, 2.75) is 5.92 Å². The van der Waals surface area contributed by atoms with Gasteiger partial charge in [-0.3, -0.25) is 5.32 Å². The Hall–Kier alpha value is -2.79. The van der Waals surface area contributed by atoms with Crippen molar-refractivity contribution in [3.05, 3.63) is 82.3 Å². The van der Waals surface area contributed by atoms with Crippen molar-refractivity contribution < 1.29 is 14.6 Å². The number of halogens is 1. The number of carbonyl (C=O) groups excluding carboxylic acids is 1. The fourth-order valence-corrected chi connectivity index (χ4v) is 3.73. The third-order valence-electron chi connectivity index (χ3n) is 4.57. The van der Waals surface area contributed by atoms with Crippen LogP contribution < -0.4 is 5.32 Å². The number of phenols is 1. The highest BCUT2D eigenvalue weighted by molar-refractivity contribution is 9.10. The summed E-state index contributed by atoms with van der Waals surface area (Å²) in [7, 11) is 0. The number of hydrogen-bond acceptors (Lipinski definition) is 3. The van der Waals surface area contributed by atoms with E-state index in [9.17, 15) is 9.90 Å². The zero-order valence-corrected chi connectivity index (χ0v) is 15.4. The second-order valence-electron chi connectivity index (χ2n) is 6.09. The maximum absolute atomic E-state index is 12.2. The molecule has 4 rings (SSSR count). The lowest BCUT2D eigenvalue weighted by atomic mass is 9.98. The first-order chi connectivity index (χ1) is 12.6. The van der Waals surface area contributed by atoms with Crippen LogP contribution in [0.3, 0.4) is 0 Å². The number of amides is 1. The van der Waals surface area contributed by atoms with Gasteiger partial charge >= 0.3 is 6.09 Å². The van der Waals surface area contributed by atoms with Crippen molar-refractivity contribution in [2.24, 2.45) is 0 Å². The summed E-state index contributed by atoms with van der Waals surface area (Å²) in [5.74, 6) is -0.0229. The molecular weight excluding hydrogens is 394 g/mol. The number of fused-ring (bicyclic) bond motifs is 3. The molecule has 0 heterocycles. The molecule has 0 radical (unpaired) electrons. The quantitative estimate of drug-likeness (QED) is 0.560. The SMILES string of the molecule is O=C(Nc1cccc(Br)c1O)OCC1c2ccccc2-c2ccccc21. The van der Waals surface area contributed by atoms with Crippen LogP contribution in [0.25, 0.3) is 11.1 Å². The summed E-state index contributed by atoms with van der Waals surface area (Å²) in [4.78, 5) is 12.2. The van der Waals surface area contributed by atoms with E-state index in [0.29, 0.717) is 10.2 Å². The molecule has 26 heavy (non-hydrogen) atoms. The van der Waals surface area contributed by atoms with E-state index < -0.39 is 6.09 Å². The monoisotopic (exact) mass is 409 g/mol. The van der Waals surface area contributed by atoms with Crippen molar-refractivity contribution in [1.29, 1.82) is 0 Å². The van der Waals surface area contributed by atoms with Crippen LogP contribution in [0, 0.1) is 0 Å². The molecular formula is C21H16BrNO3. The van der Waals surface area contributed by atoms with Crippen LogP contribution >= 0.6 is 15.9 Å². The fourth-order valence-electron chi connectivity index (χ4n) is 3.36. The highest BCUT2D eigenvalue weighted by Crippen LogP contribution is 2.44. The van der Waals surface area contributed by atoms with Crippen LogP contribution in [0.15, 0.2) is 71.2 Å². The molecule has 1 aliphatic rings. The Labute approximate surface area is 159 Å². The lowest BCUT2D eigenvalue weighted by Gasteiger charge is -2.15. The van der Waals surface area contributed by atoms with E-state index in [4.69, 9.17) is 4.74 Å². The highest BCUT2D eigenvalue weighted by atomic mass is 79.9. The van der Waals surface area contributed by atoms with E-state index in [0.717, 1.165) is 11.1 Å². The van der Waals surface area contributed by atoms with Gasteiger partial charge in [-0.2, -0.15) is 0 Å². The second-order valence-corrected chi connectivity index (χ2v) is 6.94. The van der Waals surface area contributed by atoms with Gasteiger partial charge in [0.25, 0.3) is 0 Å². The van der Waals surface area contributed by atoms with Crippen molar-refractivity contribution in [2.75, 3.05) is 11.9 Å². The Morgan fingerprint density at radius 3 is 2.23 bits per heavy atom. The van der Waals surface area contributed by atoms with Gasteiger partial charge in [-0.15, -0.1) is 0 Å². The van der Waals surface area contributed by atoms with E-state index in [2.05, 4.69) is 45.5 Å². The number of nitrogens with one attached hydrogen (secondary N) is 1. The standard InChI is InChI=1S/C21H16BrNO3/c22-18-10-5-11-19(20(18)24)23-21(25)26-12-17-15-8-3-1-6-13(15)14-7-2-4-9-16(14)17/h1-11,17,24H,12H2,(H,23,25). The fraction of sp³-hybridized carbons (Fsp3) is 0.0952. The maximum Gasteiger partial charge on any atom is 0.411 e. The number of ether oxygens (including phenoxy) is 1. The summed E-state index contributed by atoms with van der Waals surface area (Å²) in [6, 6.07) is 21.4. The molecule has 1 aliphatic carbocycles. The van der Waals surface area contributed by atoms with E-state index >= 15 is 0 Å². The number of rotatable bonds is 3. The molecule has 0 saturated heterocycles. The molecule has 2 N–H and O–H groups in total. The Morgan fingerprint density at radius 1 is 0.962 bits per heavy atom. The normalized spacial score (nSPS) is 12.3. The average molecular weight is 410 g/mol. The van der Waals surface area contributed by atoms with Gasteiger partial charge in [-0.25, -0.2) is 4.79 Å². The van der Waals surface area contributed by atoms with Gasteiger partial charge in [-0.05, 0) is 50.3 Å². The lowest BCUT2D eigenvalue weighted by Crippen LogP contribution is -2.18. The Balaban J connectivity index is 1.51. The molecule has 0 bridgehead atoms. The number of anilines is 1. The highest BCUT2D eigenvalue weighted by Gasteiger charge is 2.29. The summed E-state index contributed by atoms with van der Waals surface area (Å²) < 4.78 is 5.97. The Kier molecular flexibility index (Phi) is 4.39. The molecule has 3 aromatic carbocycles. The van der Waals surface area contributed by atoms with Gasteiger partial charge in [0.2, 0.25) is 0 Å². The molecule has 0 atom stereocenters. The average Bonchev–Trinajstić information content (AvgIpc) is 2.98. The van der Waals surface area contributed by atoms with Crippen LogP contribution in [0.5, 0.6) is 5.75 Å². The first-order valence-corrected chi connectivity index (χ1v) is 9.04. The molecule has 1 amide bonds. The second kappa shape index (κ2) is 6.84. The van der Waals surface area contributed by atoms with Gasteiger partial charge in [0.15, 0.2) is 5.75 Å². The molecule has 0 aliphatic heterocycles. The molecule has 5 heteroatoms. The van der Waals surface area contributed by atoms with Crippen LogP contribution in [-0.4, -0.2) is 17.8 Å². The first kappa shape index (κ1) is 16.7. The topological polar surface area (TPSA) is 58.6 Å². The minimum atomic E-state index is -0.597. The predicted molar refractivity (Wildman–Crippen MR) is 104 cm³/mol. The van der Waals surface area contributed by atoms with E-state index in [1.165, 1.54) is 11.1 Å². The minimum Gasteiger partial charge on any atom is -0.505 e. The van der Waals surface area contributed by atoms with E-state index in [-0.39, 0.29) is 18.3 Å². The number of para-hydroxylation sites is 1. The molecule has 0 fully saturated rings. The molecule has 0 saturated carbocycles. The molecule has 0 unspecified atom stereocenters. The molecule has 0 aromatic heterocycles. The Bertz CT molecular complexity index is 941. The van der Waals surface area contributed by atoms with Crippen molar-refractivity contribution in [3.8, 4) is 16.9 Å². The molecule has 130 valence electrons. The summed E-state index contributed by atoms with van der Waals surface area (Å²) in [5, 5.41) is 12.6. The number of hydrogen-bond donors (Lipinski definition) is 2. The van der Waals surface area contributed by atoms with Crippen LogP contribution in [0.4, 0.5) is 10.5 Å². The molecule has 3 aromatic rings. The van der Waals surface area contributed by atoms with Gasteiger partial charge in [0.05, 0.1) is 10.2 Å². The third kappa shape index (κ3) is 2.95. The Morgan fingerprint density at radius 2 is 1.58 bits per heavy atom. The molecule has 0 spiro atoms. The summed E-state index contributed by atoms with van der Waals surface area (Å²) in [6.07, 6.45) is -0.597. The third-order valence-corrected chi connectivity index (χ3v) is 5.21. The zero-order chi connectivity index (χ0) is 18.1. The predicted octanol–water partition coefficient (Wildman–Crippen LogP) is 5.52. The number of phenolic OH excluding ortho intramolecular Hbond substituents is 1. The van der Waals surface area contributed by atoms with Gasteiger partial charge in [0.1, 0.15) is 6.61 Å². The largest absolute Gasteiger partial charge is 0.505 e. The summed E-state index contributed by atoms with van der Waals surface area (Å²) in [6.45, 7) is 0.231. The smallest absolute Gasteiger partial charge is 0.411 e. The maximum atomic E-state index is 12.2. The van der Waals surface area contributed by atoms with E-state index in [1.54, 1.807) is 18.2 Å². The minimum absolute atomic E-state index is 0.00394. The van der Waals surface area contributed by atoms with E-state index in [1.807, 2.05) is 24.3 Å². The van der Waals surface area contributed by atoms with Crippen LogP contribution in [-0.2, 0) is 4.74 Å². The first-order valence-electron chi connectivity index (χ1n) is 8.24. The summed E-state index contributed by atoms with van der Waals surface area (Å²) >= 11 is 3.22. The lowest BCUT2D eigenvalue weighted by molar-refractivity contribution is 0.158. The van der Waals surface area contributed by atoms with Crippen LogP contribution in [0.1, 0.15) is 17.0 Å². The van der Waals surface area contributed by atoms with Crippen LogP contribution in [0.2, 0.25) is 0 Å².